The number of benzene rings is 1. The van der Waals surface area contributed by atoms with Crippen molar-refractivity contribution < 1.29 is 9.59 Å². The number of unbranched alkanes of at least 4 members (excludes halogenated alkanes) is 2. The van der Waals surface area contributed by atoms with Gasteiger partial charge >= 0.3 is 0 Å². The van der Waals surface area contributed by atoms with Crippen molar-refractivity contribution in [2.45, 2.75) is 39.0 Å². The molecule has 1 aromatic carbocycles. The van der Waals surface area contributed by atoms with Gasteiger partial charge in [0.1, 0.15) is 5.41 Å². The number of amides is 2. The predicted octanol–water partition coefficient (Wildman–Crippen LogP) is 3.37. The van der Waals surface area contributed by atoms with E-state index in [1.54, 1.807) is 24.3 Å². The molecule has 1 fully saturated rings. The lowest BCUT2D eigenvalue weighted by molar-refractivity contribution is -0.134. The van der Waals surface area contributed by atoms with Crippen molar-refractivity contribution in [2.75, 3.05) is 11.9 Å². The van der Waals surface area contributed by atoms with Gasteiger partial charge in [0.15, 0.2) is 0 Å². The van der Waals surface area contributed by atoms with Crippen LogP contribution in [0.5, 0.6) is 0 Å². The van der Waals surface area contributed by atoms with E-state index in [0.29, 0.717) is 30.1 Å². The minimum Gasteiger partial charge on any atom is -0.355 e. The van der Waals surface area contributed by atoms with Gasteiger partial charge < -0.3 is 10.6 Å². The molecular formula is C16H21ClN2O2. The summed E-state index contributed by atoms with van der Waals surface area (Å²) in [5.41, 5.74) is -0.347. The first-order valence-electron chi connectivity index (χ1n) is 7.44. The molecule has 1 aromatic rings. The predicted molar refractivity (Wildman–Crippen MR) is 84.3 cm³/mol. The van der Waals surface area contributed by atoms with Crippen LogP contribution in [0.2, 0.25) is 5.02 Å². The van der Waals surface area contributed by atoms with Gasteiger partial charge in [-0.1, -0.05) is 43.5 Å². The molecule has 2 rings (SSSR count). The first kappa shape index (κ1) is 15.8. The van der Waals surface area contributed by atoms with E-state index in [1.165, 1.54) is 0 Å². The lowest BCUT2D eigenvalue weighted by atomic mass is 10.0. The third kappa shape index (κ3) is 3.76. The van der Waals surface area contributed by atoms with Gasteiger partial charge in [0.2, 0.25) is 11.8 Å². The normalized spacial score (nSPS) is 15.3. The number of nitrogens with one attached hydrogen (secondary N) is 2. The van der Waals surface area contributed by atoms with E-state index in [2.05, 4.69) is 17.6 Å². The largest absolute Gasteiger partial charge is 0.355 e. The molecule has 4 nitrogen and oxygen atoms in total. The lowest BCUT2D eigenvalue weighted by Crippen LogP contribution is -2.40. The summed E-state index contributed by atoms with van der Waals surface area (Å²) in [6.45, 7) is 2.75. The third-order valence-corrected chi connectivity index (χ3v) is 4.14. The lowest BCUT2D eigenvalue weighted by Gasteiger charge is -2.16. The van der Waals surface area contributed by atoms with Gasteiger partial charge in [-0.3, -0.25) is 9.59 Å². The molecule has 1 saturated carbocycles. The second-order valence-electron chi connectivity index (χ2n) is 5.48. The van der Waals surface area contributed by atoms with Crippen LogP contribution in [-0.2, 0) is 9.59 Å². The number of rotatable bonds is 7. The minimum absolute atomic E-state index is 0.164. The molecule has 0 aliphatic heterocycles. The van der Waals surface area contributed by atoms with Crippen molar-refractivity contribution >= 4 is 29.1 Å². The summed E-state index contributed by atoms with van der Waals surface area (Å²) < 4.78 is 0. The van der Waals surface area contributed by atoms with Crippen molar-refractivity contribution in [3.8, 4) is 0 Å². The first-order valence-corrected chi connectivity index (χ1v) is 7.82. The summed E-state index contributed by atoms with van der Waals surface area (Å²) in [6.07, 6.45) is 4.34. The first-order chi connectivity index (χ1) is 10.1. The maximum absolute atomic E-state index is 12.3. The SMILES string of the molecule is CCCCCNC(=O)C1(C(=O)Nc2ccccc2Cl)CC1. The molecule has 5 heteroatoms. The van der Waals surface area contributed by atoms with Gasteiger partial charge in [-0.25, -0.2) is 0 Å². The van der Waals surface area contributed by atoms with Gasteiger partial charge in [-0.05, 0) is 31.4 Å². The van der Waals surface area contributed by atoms with Crippen molar-refractivity contribution in [1.82, 2.24) is 5.32 Å². The zero-order valence-electron chi connectivity index (χ0n) is 12.2. The molecular weight excluding hydrogens is 288 g/mol. The maximum Gasteiger partial charge on any atom is 0.240 e. The standard InChI is InChI=1S/C16H21ClN2O2/c1-2-3-6-11-18-14(20)16(9-10-16)15(21)19-13-8-5-4-7-12(13)17/h4-5,7-8H,2-3,6,9-11H2,1H3,(H,18,20)(H,19,21). The molecule has 0 atom stereocenters. The highest BCUT2D eigenvalue weighted by molar-refractivity contribution is 6.34. The highest BCUT2D eigenvalue weighted by atomic mass is 35.5. The number of hydrogen-bond acceptors (Lipinski definition) is 2. The van der Waals surface area contributed by atoms with Crippen molar-refractivity contribution in [3.63, 3.8) is 0 Å². The fourth-order valence-corrected chi connectivity index (χ4v) is 2.42. The molecule has 0 unspecified atom stereocenters. The molecule has 1 aliphatic carbocycles. The second kappa shape index (κ2) is 6.94. The summed E-state index contributed by atoms with van der Waals surface area (Å²) >= 11 is 6.02. The Bertz CT molecular complexity index is 527. The van der Waals surface area contributed by atoms with E-state index in [0.717, 1.165) is 19.3 Å². The Morgan fingerprint density at radius 1 is 1.19 bits per heavy atom. The van der Waals surface area contributed by atoms with Crippen molar-refractivity contribution in [1.29, 1.82) is 0 Å². The fraction of sp³-hybridized carbons (Fsp3) is 0.500. The summed E-state index contributed by atoms with van der Waals surface area (Å²) in [5, 5.41) is 6.11. The summed E-state index contributed by atoms with van der Waals surface area (Å²) in [7, 11) is 0. The number of carbonyl (C=O) groups is 2. The van der Waals surface area contributed by atoms with Gasteiger partial charge in [0, 0.05) is 6.54 Å². The van der Waals surface area contributed by atoms with Crippen LogP contribution in [0.25, 0.3) is 0 Å². The minimum atomic E-state index is -0.897. The van der Waals surface area contributed by atoms with E-state index in [4.69, 9.17) is 11.6 Å². The van der Waals surface area contributed by atoms with E-state index in [-0.39, 0.29) is 11.8 Å². The van der Waals surface area contributed by atoms with Gasteiger partial charge in [-0.15, -0.1) is 0 Å². The quantitative estimate of drug-likeness (QED) is 0.599. The smallest absolute Gasteiger partial charge is 0.240 e. The Kier molecular flexibility index (Phi) is 5.23. The Labute approximate surface area is 130 Å². The molecule has 2 amide bonds. The Morgan fingerprint density at radius 3 is 2.52 bits per heavy atom. The summed E-state index contributed by atoms with van der Waals surface area (Å²) in [5.74, 6) is -0.424. The summed E-state index contributed by atoms with van der Waals surface area (Å²) in [4.78, 5) is 24.6. The van der Waals surface area contributed by atoms with Gasteiger partial charge in [0.25, 0.3) is 0 Å². The van der Waals surface area contributed by atoms with Crippen molar-refractivity contribution in [3.05, 3.63) is 29.3 Å². The van der Waals surface area contributed by atoms with E-state index in [9.17, 15) is 9.59 Å². The average molecular weight is 309 g/mol. The number of anilines is 1. The number of para-hydroxylation sites is 1. The molecule has 0 radical (unpaired) electrons. The molecule has 1 aliphatic rings. The number of halogens is 1. The van der Waals surface area contributed by atoms with E-state index >= 15 is 0 Å². The molecule has 0 bridgehead atoms. The molecule has 21 heavy (non-hydrogen) atoms. The Balaban J connectivity index is 1.92. The molecule has 0 spiro atoms. The van der Waals surface area contributed by atoms with Crippen LogP contribution in [0.1, 0.15) is 39.0 Å². The number of hydrogen-bond donors (Lipinski definition) is 2. The average Bonchev–Trinajstić information content (AvgIpc) is 3.27. The van der Waals surface area contributed by atoms with Crippen LogP contribution in [0.3, 0.4) is 0 Å². The van der Waals surface area contributed by atoms with Crippen LogP contribution in [0.15, 0.2) is 24.3 Å². The molecule has 2 N–H and O–H groups in total. The number of carbonyl (C=O) groups excluding carboxylic acids is 2. The summed E-state index contributed by atoms with van der Waals surface area (Å²) in [6, 6.07) is 7.04. The van der Waals surface area contributed by atoms with Crippen molar-refractivity contribution in [2.24, 2.45) is 5.41 Å². The highest BCUT2D eigenvalue weighted by Crippen LogP contribution is 2.47. The van der Waals surface area contributed by atoms with Crippen LogP contribution in [-0.4, -0.2) is 18.4 Å². The van der Waals surface area contributed by atoms with Gasteiger partial charge in [-0.2, -0.15) is 0 Å². The van der Waals surface area contributed by atoms with Crippen LogP contribution in [0, 0.1) is 5.41 Å². The van der Waals surface area contributed by atoms with Gasteiger partial charge in [0.05, 0.1) is 10.7 Å². The van der Waals surface area contributed by atoms with Crippen LogP contribution < -0.4 is 10.6 Å². The van der Waals surface area contributed by atoms with E-state index < -0.39 is 5.41 Å². The van der Waals surface area contributed by atoms with Crippen LogP contribution >= 0.6 is 11.6 Å². The topological polar surface area (TPSA) is 58.2 Å². The Morgan fingerprint density at radius 2 is 1.90 bits per heavy atom. The third-order valence-electron chi connectivity index (χ3n) is 3.81. The van der Waals surface area contributed by atoms with E-state index in [1.807, 2.05) is 0 Å². The monoisotopic (exact) mass is 308 g/mol. The molecule has 0 heterocycles. The Hall–Kier alpha value is -1.55. The fourth-order valence-electron chi connectivity index (χ4n) is 2.23. The maximum atomic E-state index is 12.3. The molecule has 0 saturated heterocycles. The zero-order valence-corrected chi connectivity index (χ0v) is 13.0. The molecule has 0 aromatic heterocycles. The second-order valence-corrected chi connectivity index (χ2v) is 5.89. The highest BCUT2D eigenvalue weighted by Gasteiger charge is 2.56. The molecule has 114 valence electrons. The zero-order chi connectivity index (χ0) is 15.3. The van der Waals surface area contributed by atoms with Crippen LogP contribution in [0.4, 0.5) is 5.69 Å².